The van der Waals surface area contributed by atoms with Crippen molar-refractivity contribution in [1.82, 2.24) is 10.6 Å². The molecular weight excluding hydrogens is 348 g/mol. The number of carboxylic acids is 2. The van der Waals surface area contributed by atoms with Gasteiger partial charge in [0.25, 0.3) is 0 Å². The zero-order chi connectivity index (χ0) is 19.9. The van der Waals surface area contributed by atoms with Crippen molar-refractivity contribution in [2.45, 2.75) is 51.6 Å². The SMILES string of the molecule is CCCC(NC(=O)CCC(NC(=O)COCCOCC)C(=O)O)C(=O)O. The topological polar surface area (TPSA) is 151 Å². The Hall–Kier alpha value is -2.20. The molecule has 0 bridgehead atoms. The van der Waals surface area contributed by atoms with Crippen LogP contribution in [0.5, 0.6) is 0 Å². The summed E-state index contributed by atoms with van der Waals surface area (Å²) < 4.78 is 10.1. The van der Waals surface area contributed by atoms with Crippen LogP contribution in [0.1, 0.15) is 39.5 Å². The predicted octanol–water partition coefficient (Wildman–Crippen LogP) is -0.241. The van der Waals surface area contributed by atoms with Gasteiger partial charge in [-0.3, -0.25) is 9.59 Å². The highest BCUT2D eigenvalue weighted by Crippen LogP contribution is 2.02. The fraction of sp³-hybridized carbons (Fsp3) is 0.750. The number of hydrogen-bond donors (Lipinski definition) is 4. The minimum Gasteiger partial charge on any atom is -0.480 e. The Morgan fingerprint density at radius 1 is 0.846 bits per heavy atom. The Labute approximate surface area is 152 Å². The maximum absolute atomic E-state index is 11.8. The van der Waals surface area contributed by atoms with E-state index in [0.717, 1.165) is 0 Å². The van der Waals surface area contributed by atoms with Crippen molar-refractivity contribution >= 4 is 23.8 Å². The summed E-state index contributed by atoms with van der Waals surface area (Å²) in [6.07, 6.45) is 0.466. The van der Waals surface area contributed by atoms with Crippen molar-refractivity contribution in [2.24, 2.45) is 0 Å². The standard InChI is InChI=1S/C16H28N2O8/c1-3-5-11(15(21)22)17-13(19)7-6-12(16(23)24)18-14(20)10-26-9-8-25-4-2/h11-12H,3-10H2,1-2H3,(H,17,19)(H,18,20)(H,21,22)(H,23,24). The number of hydrogen-bond acceptors (Lipinski definition) is 6. The van der Waals surface area contributed by atoms with Gasteiger partial charge in [-0.1, -0.05) is 13.3 Å². The Morgan fingerprint density at radius 2 is 1.38 bits per heavy atom. The maximum Gasteiger partial charge on any atom is 0.326 e. The minimum atomic E-state index is -1.29. The number of carbonyl (C=O) groups is 4. The van der Waals surface area contributed by atoms with Crippen LogP contribution >= 0.6 is 0 Å². The van der Waals surface area contributed by atoms with Crippen LogP contribution in [-0.2, 0) is 28.7 Å². The van der Waals surface area contributed by atoms with Gasteiger partial charge in [0, 0.05) is 13.0 Å². The lowest BCUT2D eigenvalue weighted by Gasteiger charge is -2.16. The molecule has 0 aliphatic rings. The highest BCUT2D eigenvalue weighted by molar-refractivity contribution is 5.86. The van der Waals surface area contributed by atoms with Crippen LogP contribution in [0.25, 0.3) is 0 Å². The molecule has 0 saturated carbocycles. The Balaban J connectivity index is 4.29. The van der Waals surface area contributed by atoms with Crippen molar-refractivity contribution in [3.8, 4) is 0 Å². The van der Waals surface area contributed by atoms with E-state index in [4.69, 9.17) is 19.7 Å². The zero-order valence-corrected chi connectivity index (χ0v) is 15.2. The third-order valence-electron chi connectivity index (χ3n) is 3.31. The van der Waals surface area contributed by atoms with E-state index >= 15 is 0 Å². The van der Waals surface area contributed by atoms with E-state index in [0.29, 0.717) is 19.6 Å². The first-order valence-corrected chi connectivity index (χ1v) is 8.51. The molecule has 0 aromatic heterocycles. The summed E-state index contributed by atoms with van der Waals surface area (Å²) in [6.45, 7) is 4.35. The Morgan fingerprint density at radius 3 is 1.92 bits per heavy atom. The number of nitrogens with one attached hydrogen (secondary N) is 2. The second-order valence-electron chi connectivity index (χ2n) is 5.49. The summed E-state index contributed by atoms with van der Waals surface area (Å²) in [4.78, 5) is 45.7. The van der Waals surface area contributed by atoms with Gasteiger partial charge in [-0.15, -0.1) is 0 Å². The van der Waals surface area contributed by atoms with Gasteiger partial charge < -0.3 is 30.3 Å². The minimum absolute atomic E-state index is 0.162. The molecule has 26 heavy (non-hydrogen) atoms. The smallest absolute Gasteiger partial charge is 0.326 e. The van der Waals surface area contributed by atoms with Crippen molar-refractivity contribution < 1.29 is 38.9 Å². The average Bonchev–Trinajstić information content (AvgIpc) is 2.57. The number of aliphatic carboxylic acids is 2. The summed E-state index contributed by atoms with van der Waals surface area (Å²) in [6, 6.07) is -2.28. The average molecular weight is 376 g/mol. The summed E-state index contributed by atoms with van der Waals surface area (Å²) in [7, 11) is 0. The van der Waals surface area contributed by atoms with Crippen LogP contribution in [0.4, 0.5) is 0 Å². The van der Waals surface area contributed by atoms with Gasteiger partial charge >= 0.3 is 11.9 Å². The van der Waals surface area contributed by atoms with Crippen molar-refractivity contribution in [3.05, 3.63) is 0 Å². The summed E-state index contributed by atoms with van der Waals surface area (Å²) >= 11 is 0. The van der Waals surface area contributed by atoms with Gasteiger partial charge in [-0.2, -0.15) is 0 Å². The van der Waals surface area contributed by atoms with Gasteiger partial charge in [0.1, 0.15) is 18.7 Å². The van der Waals surface area contributed by atoms with E-state index in [1.54, 1.807) is 6.92 Å². The lowest BCUT2D eigenvalue weighted by molar-refractivity contribution is -0.144. The molecule has 2 unspecified atom stereocenters. The van der Waals surface area contributed by atoms with E-state index in [1.165, 1.54) is 0 Å². The number of ether oxygens (including phenoxy) is 2. The molecule has 0 spiro atoms. The highest BCUT2D eigenvalue weighted by Gasteiger charge is 2.23. The first-order valence-electron chi connectivity index (χ1n) is 8.51. The zero-order valence-electron chi connectivity index (χ0n) is 15.2. The third kappa shape index (κ3) is 11.4. The molecule has 10 heteroatoms. The summed E-state index contributed by atoms with van der Waals surface area (Å²) in [5.74, 6) is -3.64. The first-order chi connectivity index (χ1) is 12.3. The van der Waals surface area contributed by atoms with Gasteiger partial charge in [0.05, 0.1) is 13.2 Å². The van der Waals surface area contributed by atoms with Crippen LogP contribution in [0.15, 0.2) is 0 Å². The second-order valence-corrected chi connectivity index (χ2v) is 5.49. The van der Waals surface area contributed by atoms with Crippen LogP contribution < -0.4 is 10.6 Å². The van der Waals surface area contributed by atoms with Crippen LogP contribution in [0, 0.1) is 0 Å². The van der Waals surface area contributed by atoms with E-state index in [2.05, 4.69) is 10.6 Å². The number of rotatable bonds is 15. The molecule has 4 N–H and O–H groups in total. The highest BCUT2D eigenvalue weighted by atomic mass is 16.5. The number of carbonyl (C=O) groups excluding carboxylic acids is 2. The fourth-order valence-electron chi connectivity index (χ4n) is 2.01. The van der Waals surface area contributed by atoms with Gasteiger partial charge in [0.2, 0.25) is 11.8 Å². The normalized spacial score (nSPS) is 12.8. The molecule has 10 nitrogen and oxygen atoms in total. The molecule has 0 aliphatic carbocycles. The largest absolute Gasteiger partial charge is 0.480 e. The van der Waals surface area contributed by atoms with E-state index in [-0.39, 0.29) is 32.5 Å². The van der Waals surface area contributed by atoms with E-state index in [9.17, 15) is 19.2 Å². The molecule has 0 rings (SSSR count). The van der Waals surface area contributed by atoms with Gasteiger partial charge in [0.15, 0.2) is 0 Å². The van der Waals surface area contributed by atoms with Crippen molar-refractivity contribution in [2.75, 3.05) is 26.4 Å². The van der Waals surface area contributed by atoms with Crippen molar-refractivity contribution in [1.29, 1.82) is 0 Å². The van der Waals surface area contributed by atoms with Gasteiger partial charge in [-0.05, 0) is 19.8 Å². The first kappa shape index (κ1) is 23.8. The molecule has 0 fully saturated rings. The number of carboxylic acid groups (broad SMARTS) is 2. The monoisotopic (exact) mass is 376 g/mol. The lowest BCUT2D eigenvalue weighted by atomic mass is 10.1. The summed E-state index contributed by atoms with van der Waals surface area (Å²) in [5, 5.41) is 22.7. The Bertz CT molecular complexity index is 469. The quantitative estimate of drug-likeness (QED) is 0.286. The molecule has 2 amide bonds. The molecule has 0 aliphatic heterocycles. The molecule has 0 aromatic carbocycles. The maximum atomic E-state index is 11.8. The van der Waals surface area contributed by atoms with Gasteiger partial charge in [-0.25, -0.2) is 9.59 Å². The molecule has 0 radical (unpaired) electrons. The molecule has 150 valence electrons. The van der Waals surface area contributed by atoms with Crippen molar-refractivity contribution in [3.63, 3.8) is 0 Å². The van der Waals surface area contributed by atoms with Crippen LogP contribution in [0.2, 0.25) is 0 Å². The van der Waals surface area contributed by atoms with Crippen LogP contribution in [-0.4, -0.2) is 72.5 Å². The predicted molar refractivity (Wildman–Crippen MR) is 90.6 cm³/mol. The fourth-order valence-corrected chi connectivity index (χ4v) is 2.01. The second kappa shape index (κ2) is 14.0. The molecule has 0 aromatic rings. The molecule has 0 saturated heterocycles. The Kier molecular flexibility index (Phi) is 12.8. The van der Waals surface area contributed by atoms with Crippen LogP contribution in [0.3, 0.4) is 0 Å². The summed E-state index contributed by atoms with van der Waals surface area (Å²) in [5.41, 5.74) is 0. The lowest BCUT2D eigenvalue weighted by Crippen LogP contribution is -2.44. The molecular formula is C16H28N2O8. The molecule has 0 heterocycles. The number of amides is 2. The third-order valence-corrected chi connectivity index (χ3v) is 3.31. The van der Waals surface area contributed by atoms with E-state index in [1.807, 2.05) is 6.92 Å². The van der Waals surface area contributed by atoms with E-state index < -0.39 is 35.8 Å². The molecule has 2 atom stereocenters.